The van der Waals surface area contributed by atoms with Crippen molar-refractivity contribution < 1.29 is 4.79 Å². The monoisotopic (exact) mass is 469 g/mol. The van der Waals surface area contributed by atoms with Gasteiger partial charge in [0.2, 0.25) is 5.91 Å². The summed E-state index contributed by atoms with van der Waals surface area (Å²) in [5.41, 5.74) is 4.11. The summed E-state index contributed by atoms with van der Waals surface area (Å²) in [5, 5.41) is 14.4. The lowest BCUT2D eigenvalue weighted by Gasteiger charge is -2.19. The van der Waals surface area contributed by atoms with Gasteiger partial charge >= 0.3 is 0 Å². The summed E-state index contributed by atoms with van der Waals surface area (Å²) in [6.45, 7) is 8.58. The zero-order valence-corrected chi connectivity index (χ0v) is 20.3. The van der Waals surface area contributed by atoms with Gasteiger partial charge in [-0.1, -0.05) is 23.9 Å². The molecule has 160 valence electrons. The molecule has 31 heavy (non-hydrogen) atoms. The molecule has 0 saturated carbocycles. The Hall–Kier alpha value is -2.49. The molecule has 9 heteroatoms. The Morgan fingerprint density at radius 1 is 1.16 bits per heavy atom. The Morgan fingerprint density at radius 3 is 2.68 bits per heavy atom. The lowest BCUT2D eigenvalue weighted by Crippen LogP contribution is -2.22. The number of thiophene rings is 1. The molecule has 0 aliphatic heterocycles. The maximum atomic E-state index is 12.4. The van der Waals surface area contributed by atoms with Crippen molar-refractivity contribution in [3.8, 4) is 10.7 Å². The Balaban J connectivity index is 1.52. The molecular weight excluding hydrogens is 446 g/mol. The first-order chi connectivity index (χ1) is 15.0. The quantitative estimate of drug-likeness (QED) is 0.307. The van der Waals surface area contributed by atoms with Crippen LogP contribution in [0, 0.1) is 13.8 Å². The van der Waals surface area contributed by atoms with Crippen LogP contribution in [-0.2, 0) is 17.1 Å². The van der Waals surface area contributed by atoms with Gasteiger partial charge < -0.3 is 4.57 Å². The first-order valence-corrected chi connectivity index (χ1v) is 12.6. The molecule has 1 amide bonds. The highest BCUT2D eigenvalue weighted by Gasteiger charge is 2.19. The predicted molar refractivity (Wildman–Crippen MR) is 129 cm³/mol. The highest BCUT2D eigenvalue weighted by atomic mass is 32.2. The number of aryl methyl sites for hydroxylation is 2. The number of carbonyl (C=O) groups excluding carboxylic acids is 1. The Morgan fingerprint density at radius 2 is 2.00 bits per heavy atom. The van der Waals surface area contributed by atoms with Crippen LogP contribution in [0.4, 0.5) is 10.8 Å². The molecule has 0 unspecified atom stereocenters. The number of benzene rings is 1. The average molecular weight is 470 g/mol. The number of anilines is 2. The summed E-state index contributed by atoms with van der Waals surface area (Å²) in [6.07, 6.45) is 0. The summed E-state index contributed by atoms with van der Waals surface area (Å²) in [5.74, 6) is 1.51. The molecule has 4 aromatic rings. The molecule has 0 bridgehead atoms. The smallest absolute Gasteiger partial charge is 0.230 e. The van der Waals surface area contributed by atoms with E-state index in [0.717, 1.165) is 39.3 Å². The van der Waals surface area contributed by atoms with Crippen LogP contribution >= 0.6 is 34.4 Å². The number of amides is 1. The van der Waals surface area contributed by atoms with Gasteiger partial charge in [0.25, 0.3) is 0 Å². The van der Waals surface area contributed by atoms with Crippen LogP contribution in [0.1, 0.15) is 30.7 Å². The molecule has 0 radical (unpaired) electrons. The number of thiazole rings is 1. The Bertz CT molecular complexity index is 1200. The first-order valence-electron chi connectivity index (χ1n) is 9.90. The lowest BCUT2D eigenvalue weighted by atomic mass is 10.1. The van der Waals surface area contributed by atoms with E-state index in [1.165, 1.54) is 16.9 Å². The first kappa shape index (κ1) is 21.7. The number of thioether (sulfide) groups is 1. The maximum absolute atomic E-state index is 12.4. The normalized spacial score (nSPS) is 11.1. The molecule has 0 saturated heterocycles. The fourth-order valence-electron chi connectivity index (χ4n) is 3.16. The van der Waals surface area contributed by atoms with E-state index in [4.69, 9.17) is 4.98 Å². The molecule has 0 fully saturated rings. The average Bonchev–Trinajstić information content (AvgIpc) is 3.49. The number of aromatic nitrogens is 4. The van der Waals surface area contributed by atoms with E-state index in [2.05, 4.69) is 41.6 Å². The largest absolute Gasteiger partial charge is 0.302 e. The third kappa shape index (κ3) is 4.58. The zero-order chi connectivity index (χ0) is 22.0. The highest BCUT2D eigenvalue weighted by molar-refractivity contribution is 7.98. The number of rotatable bonds is 7. The van der Waals surface area contributed by atoms with Crippen molar-refractivity contribution >= 4 is 51.2 Å². The molecule has 1 aromatic carbocycles. The van der Waals surface area contributed by atoms with E-state index < -0.39 is 0 Å². The van der Waals surface area contributed by atoms with Crippen molar-refractivity contribution in [2.45, 2.75) is 45.1 Å². The van der Waals surface area contributed by atoms with Crippen molar-refractivity contribution in [2.24, 2.45) is 0 Å². The van der Waals surface area contributed by atoms with Gasteiger partial charge in [-0.15, -0.1) is 32.9 Å². The van der Waals surface area contributed by atoms with Gasteiger partial charge in [0, 0.05) is 24.6 Å². The second-order valence-electron chi connectivity index (χ2n) is 7.06. The van der Waals surface area contributed by atoms with Crippen molar-refractivity contribution in [3.63, 3.8) is 0 Å². The maximum Gasteiger partial charge on any atom is 0.230 e. The van der Waals surface area contributed by atoms with Crippen LogP contribution in [-0.4, -0.2) is 25.7 Å². The standard InChI is InChI=1S/C22H23N5OS3/c1-5-26-20(19-7-6-10-29-19)24-25-22(26)31-13-17-12-30-21(23-17)27(16(4)28)18-9-8-14(2)15(3)11-18/h6-12H,5,13H2,1-4H3. The third-order valence-electron chi connectivity index (χ3n) is 4.92. The predicted octanol–water partition coefficient (Wildman–Crippen LogP) is 6.08. The van der Waals surface area contributed by atoms with Crippen molar-refractivity contribution in [2.75, 3.05) is 4.90 Å². The third-order valence-corrected chi connectivity index (χ3v) is 7.66. The fourth-order valence-corrected chi connectivity index (χ4v) is 5.77. The van der Waals surface area contributed by atoms with Crippen molar-refractivity contribution in [3.05, 3.63) is 57.9 Å². The van der Waals surface area contributed by atoms with Gasteiger partial charge in [-0.05, 0) is 55.5 Å². The molecular formula is C22H23N5OS3. The lowest BCUT2D eigenvalue weighted by molar-refractivity contribution is -0.115. The van der Waals surface area contributed by atoms with E-state index in [1.807, 2.05) is 35.0 Å². The van der Waals surface area contributed by atoms with Gasteiger partial charge in [0.1, 0.15) is 0 Å². The van der Waals surface area contributed by atoms with Gasteiger partial charge in [0.05, 0.1) is 16.3 Å². The summed E-state index contributed by atoms with van der Waals surface area (Å²) < 4.78 is 2.13. The van der Waals surface area contributed by atoms with E-state index in [0.29, 0.717) is 10.9 Å². The van der Waals surface area contributed by atoms with Gasteiger partial charge in [-0.3, -0.25) is 9.69 Å². The van der Waals surface area contributed by atoms with Crippen LogP contribution in [0.5, 0.6) is 0 Å². The summed E-state index contributed by atoms with van der Waals surface area (Å²) in [4.78, 5) is 19.9. The van der Waals surface area contributed by atoms with Crippen LogP contribution in [0.2, 0.25) is 0 Å². The molecule has 4 rings (SSSR count). The molecule has 0 aliphatic carbocycles. The molecule has 0 aliphatic rings. The van der Waals surface area contributed by atoms with Crippen molar-refractivity contribution in [1.82, 2.24) is 19.7 Å². The summed E-state index contributed by atoms with van der Waals surface area (Å²) >= 11 is 4.75. The minimum atomic E-state index is -0.0527. The molecule has 0 spiro atoms. The van der Waals surface area contributed by atoms with Crippen LogP contribution in [0.3, 0.4) is 0 Å². The molecule has 6 nitrogen and oxygen atoms in total. The molecule has 0 atom stereocenters. The molecule has 3 heterocycles. The number of nitrogens with zero attached hydrogens (tertiary/aromatic N) is 5. The van der Waals surface area contributed by atoms with Crippen LogP contribution in [0.15, 0.2) is 46.2 Å². The minimum absolute atomic E-state index is 0.0527. The second-order valence-corrected chi connectivity index (χ2v) is 9.79. The van der Waals surface area contributed by atoms with Gasteiger partial charge in [-0.25, -0.2) is 4.98 Å². The topological polar surface area (TPSA) is 63.9 Å². The summed E-state index contributed by atoms with van der Waals surface area (Å²) in [6, 6.07) is 10.1. The summed E-state index contributed by atoms with van der Waals surface area (Å²) in [7, 11) is 0. The second kappa shape index (κ2) is 9.33. The highest BCUT2D eigenvalue weighted by Crippen LogP contribution is 2.33. The zero-order valence-electron chi connectivity index (χ0n) is 17.8. The van der Waals surface area contributed by atoms with E-state index >= 15 is 0 Å². The van der Waals surface area contributed by atoms with E-state index in [9.17, 15) is 4.79 Å². The van der Waals surface area contributed by atoms with Crippen molar-refractivity contribution in [1.29, 1.82) is 0 Å². The van der Waals surface area contributed by atoms with Crippen LogP contribution < -0.4 is 4.90 Å². The minimum Gasteiger partial charge on any atom is -0.302 e. The number of carbonyl (C=O) groups is 1. The Kier molecular flexibility index (Phi) is 6.54. The fraction of sp³-hybridized carbons (Fsp3) is 0.273. The van der Waals surface area contributed by atoms with E-state index in [1.54, 1.807) is 34.9 Å². The van der Waals surface area contributed by atoms with E-state index in [-0.39, 0.29) is 5.91 Å². The molecule has 3 aromatic heterocycles. The van der Waals surface area contributed by atoms with Crippen LogP contribution in [0.25, 0.3) is 10.7 Å². The SMILES string of the molecule is CCn1c(SCc2csc(N(C(C)=O)c3ccc(C)c(C)c3)n2)nnc1-c1cccs1. The van der Waals surface area contributed by atoms with Gasteiger partial charge in [0.15, 0.2) is 16.1 Å². The Labute approximate surface area is 194 Å². The number of hydrogen-bond acceptors (Lipinski definition) is 7. The van der Waals surface area contributed by atoms with Gasteiger partial charge in [-0.2, -0.15) is 0 Å². The molecule has 0 N–H and O–H groups in total. The number of hydrogen-bond donors (Lipinski definition) is 0.